The van der Waals surface area contributed by atoms with Crippen molar-refractivity contribution in [3.05, 3.63) is 48.0 Å². The van der Waals surface area contributed by atoms with E-state index in [-0.39, 0.29) is 5.91 Å². The molecule has 1 unspecified atom stereocenters. The third-order valence-electron chi connectivity index (χ3n) is 4.14. The highest BCUT2D eigenvalue weighted by Crippen LogP contribution is 2.18. The SMILES string of the molecule is CN(C(=O)c1ccc2ccccc2c1)C1CCCNC1. The summed E-state index contributed by atoms with van der Waals surface area (Å²) in [6, 6.07) is 14.4. The van der Waals surface area contributed by atoms with E-state index in [4.69, 9.17) is 0 Å². The fourth-order valence-electron chi connectivity index (χ4n) is 2.86. The van der Waals surface area contributed by atoms with Gasteiger partial charge >= 0.3 is 0 Å². The fourth-order valence-corrected chi connectivity index (χ4v) is 2.86. The number of hydrogen-bond donors (Lipinski definition) is 1. The molecule has 0 aliphatic carbocycles. The topological polar surface area (TPSA) is 32.3 Å². The maximum Gasteiger partial charge on any atom is 0.253 e. The summed E-state index contributed by atoms with van der Waals surface area (Å²) in [6.45, 7) is 1.96. The molecular formula is C17H20N2O. The lowest BCUT2D eigenvalue weighted by molar-refractivity contribution is 0.0708. The standard InChI is InChI=1S/C17H20N2O/c1-19(16-7-4-10-18-12-16)17(20)15-9-8-13-5-2-3-6-14(13)11-15/h2-3,5-6,8-9,11,16,18H,4,7,10,12H2,1H3. The van der Waals surface area contributed by atoms with E-state index in [1.54, 1.807) is 0 Å². The normalized spacial score (nSPS) is 18.9. The number of carbonyl (C=O) groups excluding carboxylic acids is 1. The second-order valence-electron chi connectivity index (χ2n) is 5.48. The molecule has 0 saturated carbocycles. The Morgan fingerprint density at radius 1 is 1.20 bits per heavy atom. The summed E-state index contributed by atoms with van der Waals surface area (Å²) >= 11 is 0. The fraction of sp³-hybridized carbons (Fsp3) is 0.353. The Hall–Kier alpha value is -1.87. The number of likely N-dealkylation sites (N-methyl/N-ethyl adjacent to an activating group) is 1. The highest BCUT2D eigenvalue weighted by molar-refractivity contribution is 5.98. The van der Waals surface area contributed by atoms with Crippen molar-refractivity contribution in [2.75, 3.05) is 20.1 Å². The highest BCUT2D eigenvalue weighted by atomic mass is 16.2. The molecule has 1 amide bonds. The van der Waals surface area contributed by atoms with E-state index in [2.05, 4.69) is 11.4 Å². The van der Waals surface area contributed by atoms with Gasteiger partial charge in [0.15, 0.2) is 0 Å². The van der Waals surface area contributed by atoms with Crippen LogP contribution in [-0.2, 0) is 0 Å². The average molecular weight is 268 g/mol. The third kappa shape index (κ3) is 2.54. The van der Waals surface area contributed by atoms with Gasteiger partial charge in [0.05, 0.1) is 0 Å². The van der Waals surface area contributed by atoms with Crippen LogP contribution in [0.15, 0.2) is 42.5 Å². The van der Waals surface area contributed by atoms with Gasteiger partial charge in [-0.2, -0.15) is 0 Å². The van der Waals surface area contributed by atoms with Gasteiger partial charge < -0.3 is 10.2 Å². The number of hydrogen-bond acceptors (Lipinski definition) is 2. The average Bonchev–Trinajstić information content (AvgIpc) is 2.54. The molecule has 1 aliphatic heterocycles. The zero-order valence-electron chi connectivity index (χ0n) is 11.8. The largest absolute Gasteiger partial charge is 0.337 e. The Labute approximate surface area is 119 Å². The van der Waals surface area contributed by atoms with Gasteiger partial charge in [-0.25, -0.2) is 0 Å². The number of nitrogens with one attached hydrogen (secondary N) is 1. The van der Waals surface area contributed by atoms with E-state index in [1.807, 2.05) is 48.3 Å². The van der Waals surface area contributed by atoms with Crippen molar-refractivity contribution in [1.29, 1.82) is 0 Å². The Bertz CT molecular complexity index is 617. The molecule has 1 N–H and O–H groups in total. The van der Waals surface area contributed by atoms with Gasteiger partial charge in [0.2, 0.25) is 0 Å². The van der Waals surface area contributed by atoms with Gasteiger partial charge in [-0.15, -0.1) is 0 Å². The summed E-state index contributed by atoms with van der Waals surface area (Å²) in [5, 5.41) is 5.65. The quantitative estimate of drug-likeness (QED) is 0.908. The zero-order chi connectivity index (χ0) is 13.9. The highest BCUT2D eigenvalue weighted by Gasteiger charge is 2.22. The Morgan fingerprint density at radius 3 is 2.75 bits per heavy atom. The van der Waals surface area contributed by atoms with E-state index in [1.165, 1.54) is 5.39 Å². The minimum atomic E-state index is 0.115. The lowest BCUT2D eigenvalue weighted by Crippen LogP contribution is -2.46. The van der Waals surface area contributed by atoms with Gasteiger partial charge in [0, 0.05) is 25.2 Å². The Morgan fingerprint density at radius 2 is 2.00 bits per heavy atom. The molecule has 0 bridgehead atoms. The molecule has 0 spiro atoms. The van der Waals surface area contributed by atoms with Crippen LogP contribution in [0.3, 0.4) is 0 Å². The first-order chi connectivity index (χ1) is 9.75. The summed E-state index contributed by atoms with van der Waals surface area (Å²) in [4.78, 5) is 14.5. The summed E-state index contributed by atoms with van der Waals surface area (Å²) in [7, 11) is 1.91. The number of fused-ring (bicyclic) bond motifs is 1. The number of rotatable bonds is 2. The van der Waals surface area contributed by atoms with E-state index in [9.17, 15) is 4.79 Å². The molecule has 2 aromatic rings. The summed E-state index contributed by atoms with van der Waals surface area (Å²) in [6.07, 6.45) is 2.23. The van der Waals surface area contributed by atoms with Gasteiger partial charge in [-0.05, 0) is 42.3 Å². The molecule has 3 nitrogen and oxygen atoms in total. The number of amides is 1. The van der Waals surface area contributed by atoms with Crippen molar-refractivity contribution < 1.29 is 4.79 Å². The molecule has 20 heavy (non-hydrogen) atoms. The number of carbonyl (C=O) groups is 1. The number of nitrogens with zero attached hydrogens (tertiary/aromatic N) is 1. The predicted molar refractivity (Wildman–Crippen MR) is 81.9 cm³/mol. The third-order valence-corrected chi connectivity index (χ3v) is 4.14. The molecule has 1 aliphatic rings. The van der Waals surface area contributed by atoms with Gasteiger partial charge in [-0.1, -0.05) is 30.3 Å². The monoisotopic (exact) mass is 268 g/mol. The van der Waals surface area contributed by atoms with Gasteiger partial charge in [0.1, 0.15) is 0 Å². The molecule has 0 aromatic heterocycles. The van der Waals surface area contributed by atoms with Crippen LogP contribution in [0.25, 0.3) is 10.8 Å². The first-order valence-corrected chi connectivity index (χ1v) is 7.22. The van der Waals surface area contributed by atoms with Crippen LogP contribution in [0, 0.1) is 0 Å². The lowest BCUT2D eigenvalue weighted by atomic mass is 10.0. The molecule has 2 aromatic carbocycles. The molecule has 104 valence electrons. The van der Waals surface area contributed by atoms with Crippen LogP contribution in [0.4, 0.5) is 0 Å². The van der Waals surface area contributed by atoms with Gasteiger partial charge in [0.25, 0.3) is 5.91 Å². The van der Waals surface area contributed by atoms with Crippen molar-refractivity contribution in [1.82, 2.24) is 10.2 Å². The molecule has 3 rings (SSSR count). The molecule has 1 atom stereocenters. The first-order valence-electron chi connectivity index (χ1n) is 7.22. The Kier molecular flexibility index (Phi) is 3.70. The molecule has 1 fully saturated rings. The van der Waals surface area contributed by atoms with Crippen molar-refractivity contribution in [2.24, 2.45) is 0 Å². The van der Waals surface area contributed by atoms with E-state index < -0.39 is 0 Å². The van der Waals surface area contributed by atoms with Crippen molar-refractivity contribution in [3.8, 4) is 0 Å². The molecule has 3 heteroatoms. The number of benzene rings is 2. The first kappa shape index (κ1) is 13.1. The van der Waals surface area contributed by atoms with E-state index in [0.29, 0.717) is 6.04 Å². The maximum atomic E-state index is 12.6. The smallest absolute Gasteiger partial charge is 0.253 e. The second-order valence-corrected chi connectivity index (χ2v) is 5.48. The maximum absolute atomic E-state index is 12.6. The zero-order valence-corrected chi connectivity index (χ0v) is 11.8. The van der Waals surface area contributed by atoms with Crippen LogP contribution >= 0.6 is 0 Å². The predicted octanol–water partition coefficient (Wildman–Crippen LogP) is 2.66. The van der Waals surface area contributed by atoms with Crippen LogP contribution in [0.2, 0.25) is 0 Å². The molecule has 1 heterocycles. The molecular weight excluding hydrogens is 248 g/mol. The van der Waals surface area contributed by atoms with E-state index in [0.717, 1.165) is 36.9 Å². The second kappa shape index (κ2) is 5.63. The van der Waals surface area contributed by atoms with Crippen molar-refractivity contribution in [2.45, 2.75) is 18.9 Å². The minimum Gasteiger partial charge on any atom is -0.337 e. The Balaban J connectivity index is 1.83. The van der Waals surface area contributed by atoms with Crippen LogP contribution < -0.4 is 5.32 Å². The molecule has 0 radical (unpaired) electrons. The minimum absolute atomic E-state index is 0.115. The van der Waals surface area contributed by atoms with Gasteiger partial charge in [-0.3, -0.25) is 4.79 Å². The summed E-state index contributed by atoms with van der Waals surface area (Å²) < 4.78 is 0. The summed E-state index contributed by atoms with van der Waals surface area (Å²) in [5.74, 6) is 0.115. The van der Waals surface area contributed by atoms with Crippen LogP contribution in [-0.4, -0.2) is 37.0 Å². The van der Waals surface area contributed by atoms with Crippen molar-refractivity contribution >= 4 is 16.7 Å². The van der Waals surface area contributed by atoms with E-state index >= 15 is 0 Å². The lowest BCUT2D eigenvalue weighted by Gasteiger charge is -2.31. The van der Waals surface area contributed by atoms with Crippen LogP contribution in [0.1, 0.15) is 23.2 Å². The van der Waals surface area contributed by atoms with Crippen molar-refractivity contribution in [3.63, 3.8) is 0 Å². The summed E-state index contributed by atoms with van der Waals surface area (Å²) in [5.41, 5.74) is 0.775. The number of piperidine rings is 1. The molecule has 1 saturated heterocycles. The van der Waals surface area contributed by atoms with Crippen LogP contribution in [0.5, 0.6) is 0 Å².